The summed E-state index contributed by atoms with van der Waals surface area (Å²) in [5.74, 6) is -0.102. The van der Waals surface area contributed by atoms with Gasteiger partial charge >= 0.3 is 0 Å². The molecule has 0 rings (SSSR count). The van der Waals surface area contributed by atoms with Crippen LogP contribution in [0.15, 0.2) is 0 Å². The molecule has 0 aromatic carbocycles. The fraction of sp³-hybridized carbons (Fsp3) is 0.778. The van der Waals surface area contributed by atoms with Gasteiger partial charge in [-0.2, -0.15) is 0 Å². The first-order valence-electron chi connectivity index (χ1n) is 4.68. The molecule has 5 heteroatoms. The van der Waals surface area contributed by atoms with Crippen LogP contribution in [-0.2, 0) is 4.79 Å². The van der Waals surface area contributed by atoms with Crippen LogP contribution in [0.4, 0.5) is 0 Å². The van der Waals surface area contributed by atoms with E-state index in [1.54, 1.807) is 0 Å². The van der Waals surface area contributed by atoms with Gasteiger partial charge in [-0.1, -0.05) is 12.2 Å². The predicted octanol–water partition coefficient (Wildman–Crippen LogP) is 0.119. The molecule has 0 heterocycles. The number of hydrogen-bond acceptors (Lipinski definition) is 3. The van der Waals surface area contributed by atoms with E-state index >= 15 is 0 Å². The van der Waals surface area contributed by atoms with Crippen molar-refractivity contribution >= 4 is 23.1 Å². The standard InChI is InChI=1S/C9H19N3OS/c1-7(2)12(3)5-4-11-9(13)6-8(10)14/h7H,4-6H2,1-3H3,(H2,10,14)(H,11,13). The third-order valence-electron chi connectivity index (χ3n) is 2.00. The molecule has 0 spiro atoms. The first-order valence-corrected chi connectivity index (χ1v) is 5.09. The lowest BCUT2D eigenvalue weighted by molar-refractivity contribution is -0.119. The van der Waals surface area contributed by atoms with Gasteiger partial charge in [-0.3, -0.25) is 4.79 Å². The lowest BCUT2D eigenvalue weighted by Gasteiger charge is -2.20. The number of nitrogens with two attached hydrogens (primary N) is 1. The molecule has 0 aliphatic carbocycles. The third-order valence-corrected chi connectivity index (χ3v) is 2.15. The van der Waals surface area contributed by atoms with E-state index < -0.39 is 0 Å². The second-order valence-electron chi connectivity index (χ2n) is 3.57. The van der Waals surface area contributed by atoms with E-state index in [1.165, 1.54) is 0 Å². The van der Waals surface area contributed by atoms with Crippen LogP contribution < -0.4 is 11.1 Å². The van der Waals surface area contributed by atoms with E-state index in [-0.39, 0.29) is 17.3 Å². The van der Waals surface area contributed by atoms with Crippen LogP contribution in [0.1, 0.15) is 20.3 Å². The van der Waals surface area contributed by atoms with Gasteiger partial charge in [-0.05, 0) is 20.9 Å². The van der Waals surface area contributed by atoms with Crippen molar-refractivity contribution in [3.8, 4) is 0 Å². The second-order valence-corrected chi connectivity index (χ2v) is 4.09. The first-order chi connectivity index (χ1) is 6.43. The molecule has 82 valence electrons. The molecule has 4 nitrogen and oxygen atoms in total. The van der Waals surface area contributed by atoms with Gasteiger partial charge in [0.05, 0.1) is 11.4 Å². The maximum Gasteiger partial charge on any atom is 0.226 e. The molecule has 0 fully saturated rings. The van der Waals surface area contributed by atoms with Crippen molar-refractivity contribution in [1.29, 1.82) is 0 Å². The maximum atomic E-state index is 11.1. The highest BCUT2D eigenvalue weighted by Gasteiger charge is 2.05. The Morgan fingerprint density at radius 1 is 1.57 bits per heavy atom. The average molecular weight is 217 g/mol. The molecular formula is C9H19N3OS. The largest absolute Gasteiger partial charge is 0.393 e. The van der Waals surface area contributed by atoms with Gasteiger partial charge < -0.3 is 16.0 Å². The molecule has 0 radical (unpaired) electrons. The molecule has 0 saturated heterocycles. The number of nitrogens with one attached hydrogen (secondary N) is 1. The number of carbonyl (C=O) groups is 1. The molecular weight excluding hydrogens is 198 g/mol. The Kier molecular flexibility index (Phi) is 6.40. The minimum Gasteiger partial charge on any atom is -0.393 e. The Hall–Kier alpha value is -0.680. The quantitative estimate of drug-likeness (QED) is 0.620. The molecule has 0 bridgehead atoms. The number of thiocarbonyl (C=S) groups is 1. The van der Waals surface area contributed by atoms with Crippen molar-refractivity contribution in [3.05, 3.63) is 0 Å². The van der Waals surface area contributed by atoms with Gasteiger partial charge in [0.25, 0.3) is 0 Å². The van der Waals surface area contributed by atoms with Gasteiger partial charge in [0.15, 0.2) is 0 Å². The summed E-state index contributed by atoms with van der Waals surface area (Å²) in [6.07, 6.45) is 0.140. The molecule has 0 atom stereocenters. The topological polar surface area (TPSA) is 58.4 Å². The summed E-state index contributed by atoms with van der Waals surface area (Å²) in [5, 5.41) is 2.75. The molecule has 0 aliphatic rings. The number of nitrogens with zero attached hydrogens (tertiary/aromatic N) is 1. The molecule has 0 aromatic rings. The van der Waals surface area contributed by atoms with Gasteiger partial charge in [0.1, 0.15) is 0 Å². The van der Waals surface area contributed by atoms with Crippen LogP contribution in [0, 0.1) is 0 Å². The number of likely N-dealkylation sites (N-methyl/N-ethyl adjacent to an activating group) is 1. The summed E-state index contributed by atoms with van der Waals surface area (Å²) in [6, 6.07) is 0.488. The Morgan fingerprint density at radius 3 is 2.57 bits per heavy atom. The van der Waals surface area contributed by atoms with E-state index in [0.717, 1.165) is 6.54 Å². The summed E-state index contributed by atoms with van der Waals surface area (Å²) in [6.45, 7) is 5.69. The fourth-order valence-electron chi connectivity index (χ4n) is 0.851. The second kappa shape index (κ2) is 6.73. The SMILES string of the molecule is CC(C)N(C)CCNC(=O)CC(N)=S. The minimum absolute atomic E-state index is 0.102. The lowest BCUT2D eigenvalue weighted by atomic mass is 10.3. The zero-order chi connectivity index (χ0) is 11.1. The van der Waals surface area contributed by atoms with E-state index in [9.17, 15) is 4.79 Å². The van der Waals surface area contributed by atoms with Crippen LogP contribution in [0.2, 0.25) is 0 Å². The number of rotatable bonds is 6. The molecule has 3 N–H and O–H groups in total. The molecule has 0 aromatic heterocycles. The smallest absolute Gasteiger partial charge is 0.226 e. The van der Waals surface area contributed by atoms with Crippen molar-refractivity contribution in [2.75, 3.05) is 20.1 Å². The normalized spacial score (nSPS) is 10.6. The summed E-state index contributed by atoms with van der Waals surface area (Å²) in [4.78, 5) is 13.5. The molecule has 1 amide bonds. The van der Waals surface area contributed by atoms with Gasteiger partial charge in [-0.15, -0.1) is 0 Å². The van der Waals surface area contributed by atoms with Gasteiger partial charge in [-0.25, -0.2) is 0 Å². The molecule has 0 aliphatic heterocycles. The fourth-order valence-corrected chi connectivity index (χ4v) is 0.982. The highest BCUT2D eigenvalue weighted by atomic mass is 32.1. The van der Waals surface area contributed by atoms with Crippen molar-refractivity contribution in [1.82, 2.24) is 10.2 Å². The van der Waals surface area contributed by atoms with E-state index in [0.29, 0.717) is 12.6 Å². The summed E-state index contributed by atoms with van der Waals surface area (Å²) < 4.78 is 0. The highest BCUT2D eigenvalue weighted by Crippen LogP contribution is 1.90. The Balaban J connectivity index is 3.54. The minimum atomic E-state index is -0.102. The Labute approximate surface area is 90.8 Å². The zero-order valence-corrected chi connectivity index (χ0v) is 9.86. The van der Waals surface area contributed by atoms with E-state index in [4.69, 9.17) is 5.73 Å². The van der Waals surface area contributed by atoms with E-state index in [1.807, 2.05) is 7.05 Å². The number of amides is 1. The van der Waals surface area contributed by atoms with Crippen molar-refractivity contribution < 1.29 is 4.79 Å². The van der Waals surface area contributed by atoms with Crippen LogP contribution in [0.5, 0.6) is 0 Å². The number of hydrogen-bond donors (Lipinski definition) is 2. The molecule has 0 saturated carbocycles. The number of carbonyl (C=O) groups excluding carboxylic acids is 1. The van der Waals surface area contributed by atoms with E-state index in [2.05, 4.69) is 36.3 Å². The van der Waals surface area contributed by atoms with Gasteiger partial charge in [0, 0.05) is 19.1 Å². The van der Waals surface area contributed by atoms with Crippen molar-refractivity contribution in [2.24, 2.45) is 5.73 Å². The lowest BCUT2D eigenvalue weighted by Crippen LogP contribution is -2.37. The predicted molar refractivity (Wildman–Crippen MR) is 62.2 cm³/mol. The maximum absolute atomic E-state index is 11.1. The first kappa shape index (κ1) is 13.3. The third kappa shape index (κ3) is 6.80. The Morgan fingerprint density at radius 2 is 2.14 bits per heavy atom. The van der Waals surface area contributed by atoms with Crippen LogP contribution in [0.25, 0.3) is 0 Å². The summed E-state index contributed by atoms with van der Waals surface area (Å²) >= 11 is 4.62. The summed E-state index contributed by atoms with van der Waals surface area (Å²) in [7, 11) is 2.02. The zero-order valence-electron chi connectivity index (χ0n) is 9.04. The Bertz CT molecular complexity index is 206. The monoisotopic (exact) mass is 217 g/mol. The van der Waals surface area contributed by atoms with Crippen molar-refractivity contribution in [2.45, 2.75) is 26.3 Å². The molecule has 14 heavy (non-hydrogen) atoms. The van der Waals surface area contributed by atoms with Crippen LogP contribution in [0.3, 0.4) is 0 Å². The molecule has 0 unspecified atom stereocenters. The van der Waals surface area contributed by atoms with Gasteiger partial charge in [0.2, 0.25) is 5.91 Å². The van der Waals surface area contributed by atoms with Crippen LogP contribution >= 0.6 is 12.2 Å². The summed E-state index contributed by atoms with van der Waals surface area (Å²) in [5.41, 5.74) is 5.23. The highest BCUT2D eigenvalue weighted by molar-refractivity contribution is 7.80. The van der Waals surface area contributed by atoms with Crippen molar-refractivity contribution in [3.63, 3.8) is 0 Å². The average Bonchev–Trinajstić information content (AvgIpc) is 2.02. The van der Waals surface area contributed by atoms with Crippen LogP contribution in [-0.4, -0.2) is 42.0 Å².